The van der Waals surface area contributed by atoms with Crippen molar-refractivity contribution in [2.45, 2.75) is 44.4 Å². The number of nitro benzene ring substituents is 1. The molecule has 2 saturated carbocycles. The van der Waals surface area contributed by atoms with Crippen LogP contribution in [0.25, 0.3) is 0 Å². The van der Waals surface area contributed by atoms with Crippen LogP contribution >= 0.6 is 0 Å². The fourth-order valence-electron chi connectivity index (χ4n) is 2.61. The number of rotatable bonds is 3. The van der Waals surface area contributed by atoms with Crippen molar-refractivity contribution in [1.29, 1.82) is 0 Å². The summed E-state index contributed by atoms with van der Waals surface area (Å²) in [6, 6.07) is 2.13. The molecule has 2 aliphatic rings. The Balaban J connectivity index is 2.20. The average molecular weight is 232 g/mol. The zero-order valence-corrected chi connectivity index (χ0v) is 9.90. The lowest BCUT2D eigenvalue weighted by Gasteiger charge is -2.12. The predicted molar refractivity (Wildman–Crippen MR) is 66.2 cm³/mol. The van der Waals surface area contributed by atoms with Crippen LogP contribution in [0.15, 0.2) is 6.07 Å². The molecule has 0 unspecified atom stereocenters. The Labute approximate surface area is 100.0 Å². The molecule has 0 amide bonds. The van der Waals surface area contributed by atoms with E-state index in [9.17, 15) is 10.1 Å². The largest absolute Gasteiger partial charge is 0.393 e. The molecule has 4 nitrogen and oxygen atoms in total. The number of nitrogens with zero attached hydrogens (tertiary/aromatic N) is 1. The minimum atomic E-state index is -0.317. The number of nitrogen functional groups attached to an aromatic ring is 1. The van der Waals surface area contributed by atoms with Gasteiger partial charge in [-0.3, -0.25) is 10.1 Å². The van der Waals surface area contributed by atoms with Gasteiger partial charge in [0.1, 0.15) is 5.69 Å². The van der Waals surface area contributed by atoms with Crippen LogP contribution in [0.5, 0.6) is 0 Å². The van der Waals surface area contributed by atoms with Crippen molar-refractivity contribution in [3.05, 3.63) is 32.9 Å². The molecule has 0 atom stereocenters. The second kappa shape index (κ2) is 3.45. The zero-order chi connectivity index (χ0) is 12.2. The molecule has 3 rings (SSSR count). The van der Waals surface area contributed by atoms with Crippen LogP contribution in [0.4, 0.5) is 11.4 Å². The van der Waals surface area contributed by atoms with Gasteiger partial charge in [-0.15, -0.1) is 0 Å². The van der Waals surface area contributed by atoms with Crippen LogP contribution in [-0.4, -0.2) is 4.92 Å². The van der Waals surface area contributed by atoms with Crippen LogP contribution in [0.2, 0.25) is 0 Å². The lowest BCUT2D eigenvalue weighted by atomic mass is 9.95. The van der Waals surface area contributed by atoms with Crippen molar-refractivity contribution in [3.63, 3.8) is 0 Å². The van der Waals surface area contributed by atoms with Crippen molar-refractivity contribution in [2.75, 3.05) is 5.73 Å². The van der Waals surface area contributed by atoms with Crippen LogP contribution in [0.1, 0.15) is 54.2 Å². The van der Waals surface area contributed by atoms with Gasteiger partial charge in [0.2, 0.25) is 0 Å². The summed E-state index contributed by atoms with van der Waals surface area (Å²) in [5, 5.41) is 11.2. The summed E-state index contributed by atoms with van der Waals surface area (Å²) in [5.74, 6) is 0.999. The highest BCUT2D eigenvalue weighted by Crippen LogP contribution is 2.50. The Bertz CT molecular complexity index is 466. The number of hydrogen-bond acceptors (Lipinski definition) is 3. The highest BCUT2D eigenvalue weighted by atomic mass is 16.6. The normalized spacial score (nSPS) is 19.4. The molecule has 1 aromatic carbocycles. The van der Waals surface area contributed by atoms with Gasteiger partial charge in [0.15, 0.2) is 0 Å². The second-order valence-corrected chi connectivity index (χ2v) is 5.25. The van der Waals surface area contributed by atoms with Crippen LogP contribution in [0.3, 0.4) is 0 Å². The molecule has 2 N–H and O–H groups in total. The third-order valence-electron chi connectivity index (χ3n) is 3.88. The Morgan fingerprint density at radius 2 is 1.76 bits per heavy atom. The lowest BCUT2D eigenvalue weighted by Crippen LogP contribution is -2.04. The van der Waals surface area contributed by atoms with Crippen LogP contribution in [0, 0.1) is 17.0 Å². The van der Waals surface area contributed by atoms with Gasteiger partial charge in [-0.1, -0.05) is 6.07 Å². The SMILES string of the molecule is Cc1c(C2CC2)cc(C2CC2)c(N)c1[N+](=O)[O-]. The number of benzene rings is 1. The zero-order valence-electron chi connectivity index (χ0n) is 9.90. The summed E-state index contributed by atoms with van der Waals surface area (Å²) >= 11 is 0. The van der Waals surface area contributed by atoms with E-state index in [0.717, 1.165) is 42.4 Å². The summed E-state index contributed by atoms with van der Waals surface area (Å²) < 4.78 is 0. The number of nitro groups is 1. The van der Waals surface area contributed by atoms with E-state index in [1.807, 2.05) is 6.92 Å². The second-order valence-electron chi connectivity index (χ2n) is 5.25. The summed E-state index contributed by atoms with van der Waals surface area (Å²) in [4.78, 5) is 10.8. The number of nitrogens with two attached hydrogens (primary N) is 1. The summed E-state index contributed by atoms with van der Waals surface area (Å²) in [6.45, 7) is 1.83. The quantitative estimate of drug-likeness (QED) is 0.494. The topological polar surface area (TPSA) is 69.2 Å². The van der Waals surface area contributed by atoms with E-state index < -0.39 is 0 Å². The van der Waals surface area contributed by atoms with E-state index in [0.29, 0.717) is 17.5 Å². The molecule has 0 aromatic heterocycles. The molecule has 2 aliphatic carbocycles. The fraction of sp³-hybridized carbons (Fsp3) is 0.538. The molecule has 0 aliphatic heterocycles. The van der Waals surface area contributed by atoms with E-state index in [4.69, 9.17) is 5.73 Å². The van der Waals surface area contributed by atoms with E-state index in [-0.39, 0.29) is 10.6 Å². The third kappa shape index (κ3) is 1.68. The van der Waals surface area contributed by atoms with Gasteiger partial charge in [0, 0.05) is 5.56 Å². The summed E-state index contributed by atoms with van der Waals surface area (Å²) in [7, 11) is 0. The van der Waals surface area contributed by atoms with Crippen LogP contribution < -0.4 is 5.73 Å². The van der Waals surface area contributed by atoms with Gasteiger partial charge in [-0.25, -0.2) is 0 Å². The summed E-state index contributed by atoms with van der Waals surface area (Å²) in [5.41, 5.74) is 9.48. The first kappa shape index (κ1) is 10.6. The Morgan fingerprint density at radius 3 is 2.24 bits per heavy atom. The van der Waals surface area contributed by atoms with Gasteiger partial charge in [-0.05, 0) is 55.6 Å². The lowest BCUT2D eigenvalue weighted by molar-refractivity contribution is -0.384. The molecular weight excluding hydrogens is 216 g/mol. The molecule has 90 valence electrons. The smallest absolute Gasteiger partial charge is 0.295 e. The molecule has 17 heavy (non-hydrogen) atoms. The number of anilines is 1. The molecule has 0 bridgehead atoms. The fourth-order valence-corrected chi connectivity index (χ4v) is 2.61. The molecule has 1 aromatic rings. The molecule has 2 fully saturated rings. The standard InChI is InChI=1S/C13H16N2O2/c1-7-10(8-2-3-8)6-11(9-4-5-9)12(14)13(7)15(16)17/h6,8-9H,2-5,14H2,1H3. The maximum Gasteiger partial charge on any atom is 0.295 e. The number of hydrogen-bond donors (Lipinski definition) is 1. The molecule has 4 heteroatoms. The molecular formula is C13H16N2O2. The summed E-state index contributed by atoms with van der Waals surface area (Å²) in [6.07, 6.45) is 4.56. The van der Waals surface area contributed by atoms with Crippen molar-refractivity contribution in [2.24, 2.45) is 0 Å². The average Bonchev–Trinajstić information content (AvgIpc) is 3.12. The Morgan fingerprint density at radius 1 is 1.24 bits per heavy atom. The van der Waals surface area contributed by atoms with Crippen molar-refractivity contribution < 1.29 is 4.92 Å². The highest BCUT2D eigenvalue weighted by Gasteiger charge is 2.35. The first-order valence-corrected chi connectivity index (χ1v) is 6.17. The molecule has 0 radical (unpaired) electrons. The molecule has 0 heterocycles. The minimum absolute atomic E-state index is 0.149. The van der Waals surface area contributed by atoms with E-state index in [1.54, 1.807) is 0 Å². The minimum Gasteiger partial charge on any atom is -0.393 e. The van der Waals surface area contributed by atoms with Gasteiger partial charge in [-0.2, -0.15) is 0 Å². The van der Waals surface area contributed by atoms with Gasteiger partial charge in [0.05, 0.1) is 4.92 Å². The van der Waals surface area contributed by atoms with E-state index in [1.165, 1.54) is 0 Å². The Kier molecular flexibility index (Phi) is 2.15. The van der Waals surface area contributed by atoms with E-state index >= 15 is 0 Å². The van der Waals surface area contributed by atoms with Crippen molar-refractivity contribution in [1.82, 2.24) is 0 Å². The third-order valence-corrected chi connectivity index (χ3v) is 3.88. The van der Waals surface area contributed by atoms with Crippen molar-refractivity contribution in [3.8, 4) is 0 Å². The predicted octanol–water partition coefficient (Wildman–Crippen LogP) is 3.24. The monoisotopic (exact) mass is 232 g/mol. The van der Waals surface area contributed by atoms with E-state index in [2.05, 4.69) is 6.07 Å². The first-order chi connectivity index (χ1) is 8.09. The molecule has 0 saturated heterocycles. The first-order valence-electron chi connectivity index (χ1n) is 6.17. The van der Waals surface area contributed by atoms with Gasteiger partial charge < -0.3 is 5.73 Å². The molecule has 0 spiro atoms. The highest BCUT2D eigenvalue weighted by molar-refractivity contribution is 5.71. The maximum atomic E-state index is 11.2. The van der Waals surface area contributed by atoms with Gasteiger partial charge >= 0.3 is 0 Å². The van der Waals surface area contributed by atoms with Crippen LogP contribution in [-0.2, 0) is 0 Å². The maximum absolute atomic E-state index is 11.2. The Hall–Kier alpha value is -1.58. The van der Waals surface area contributed by atoms with Crippen molar-refractivity contribution >= 4 is 11.4 Å². The van der Waals surface area contributed by atoms with Gasteiger partial charge in [0.25, 0.3) is 5.69 Å².